The van der Waals surface area contributed by atoms with E-state index >= 15 is 0 Å². The molecular formula is C21H26F3N9O2. The number of hydrogen-bond acceptors (Lipinski definition) is 8. The van der Waals surface area contributed by atoms with E-state index in [1.807, 2.05) is 4.90 Å². The summed E-state index contributed by atoms with van der Waals surface area (Å²) in [6, 6.07) is 0.603. The molecule has 2 N–H and O–H groups in total. The molecule has 14 heteroatoms. The number of amides is 1. The summed E-state index contributed by atoms with van der Waals surface area (Å²) in [6.45, 7) is 2.71. The molecule has 1 aliphatic rings. The first-order chi connectivity index (χ1) is 16.6. The number of hydrogen-bond donors (Lipinski definition) is 2. The maximum atomic E-state index is 12.9. The predicted octanol–water partition coefficient (Wildman–Crippen LogP) is 2.19. The van der Waals surface area contributed by atoms with Crippen molar-refractivity contribution in [3.05, 3.63) is 41.1 Å². The van der Waals surface area contributed by atoms with E-state index < -0.39 is 17.9 Å². The van der Waals surface area contributed by atoms with Crippen LogP contribution >= 0.6 is 0 Å². The number of carbonyl (C=O) groups is 1. The van der Waals surface area contributed by atoms with Crippen LogP contribution in [0.1, 0.15) is 29.1 Å². The number of likely N-dealkylation sites (N-methyl/N-ethyl adjacent to an activating group) is 1. The number of anilines is 3. The number of rotatable bonds is 8. The summed E-state index contributed by atoms with van der Waals surface area (Å²) >= 11 is 0. The summed E-state index contributed by atoms with van der Waals surface area (Å²) in [7, 11) is 4.86. The molecule has 0 radical (unpaired) electrons. The summed E-state index contributed by atoms with van der Waals surface area (Å²) in [6.07, 6.45) is -0.634. The zero-order chi connectivity index (χ0) is 25.3. The maximum Gasteiger partial charge on any atom is 0.435 e. The first kappa shape index (κ1) is 24.4. The lowest BCUT2D eigenvalue weighted by Crippen LogP contribution is -2.47. The Labute approximate surface area is 199 Å². The third kappa shape index (κ3) is 5.21. The van der Waals surface area contributed by atoms with Gasteiger partial charge in [0.25, 0.3) is 0 Å². The Bertz CT molecular complexity index is 1220. The quantitative estimate of drug-likeness (QED) is 0.491. The zero-order valence-corrected chi connectivity index (χ0v) is 19.7. The highest BCUT2D eigenvalue weighted by Gasteiger charge is 2.35. The second-order valence-corrected chi connectivity index (χ2v) is 8.27. The Kier molecular flexibility index (Phi) is 6.65. The molecule has 0 fully saturated rings. The van der Waals surface area contributed by atoms with Crippen LogP contribution in [-0.4, -0.2) is 62.2 Å². The number of aromatic nitrogens is 6. The van der Waals surface area contributed by atoms with E-state index in [0.29, 0.717) is 48.4 Å². The standard InChI is InChI=1S/C21H26F3N9O2/c1-12-17-18(31(2)15(5-6-35-4)19(34)28-17)29-20(27-12)25-8-13-9-26-33(10-13)11-14-7-16(21(22,23)24)30-32(14)3/h7,9-10,15H,5-6,8,11H2,1-4H3,(H,28,34)(H,25,27,29)/t15-/m0/s1. The third-order valence-electron chi connectivity index (χ3n) is 5.75. The Hall–Kier alpha value is -3.68. The van der Waals surface area contributed by atoms with Crippen molar-refractivity contribution >= 4 is 23.4 Å². The normalized spacial score (nSPS) is 15.8. The topological polar surface area (TPSA) is 115 Å². The van der Waals surface area contributed by atoms with Gasteiger partial charge in [-0.2, -0.15) is 28.4 Å². The largest absolute Gasteiger partial charge is 0.435 e. The molecule has 1 aliphatic heterocycles. The molecule has 0 aromatic carbocycles. The zero-order valence-electron chi connectivity index (χ0n) is 19.7. The Morgan fingerprint density at radius 1 is 1.26 bits per heavy atom. The third-order valence-corrected chi connectivity index (χ3v) is 5.75. The number of methoxy groups -OCH3 is 1. The molecule has 4 rings (SSSR count). The van der Waals surface area contributed by atoms with Crippen LogP contribution in [0.2, 0.25) is 0 Å². The highest BCUT2D eigenvalue weighted by molar-refractivity contribution is 6.03. The van der Waals surface area contributed by atoms with Gasteiger partial charge >= 0.3 is 6.18 Å². The fourth-order valence-electron chi connectivity index (χ4n) is 3.85. The Morgan fingerprint density at radius 3 is 2.71 bits per heavy atom. The number of aryl methyl sites for hydroxylation is 2. The molecule has 0 aliphatic carbocycles. The summed E-state index contributed by atoms with van der Waals surface area (Å²) < 4.78 is 46.5. The minimum atomic E-state index is -4.50. The Balaban J connectivity index is 1.44. The minimum absolute atomic E-state index is 0.132. The smallest absolute Gasteiger partial charge is 0.385 e. The summed E-state index contributed by atoms with van der Waals surface area (Å²) in [5, 5.41) is 13.8. The lowest BCUT2D eigenvalue weighted by atomic mass is 10.1. The van der Waals surface area contributed by atoms with E-state index in [0.717, 1.165) is 11.6 Å². The number of ether oxygens (including phenoxy) is 1. The summed E-state index contributed by atoms with van der Waals surface area (Å²) in [4.78, 5) is 23.3. The molecule has 188 valence electrons. The fourth-order valence-corrected chi connectivity index (χ4v) is 3.85. The van der Waals surface area contributed by atoms with Gasteiger partial charge in [0.05, 0.1) is 24.1 Å². The average Bonchev–Trinajstić information content (AvgIpc) is 3.39. The van der Waals surface area contributed by atoms with Gasteiger partial charge in [0.15, 0.2) is 11.5 Å². The van der Waals surface area contributed by atoms with Gasteiger partial charge in [-0.15, -0.1) is 0 Å². The van der Waals surface area contributed by atoms with Crippen LogP contribution in [0.4, 0.5) is 30.6 Å². The Morgan fingerprint density at radius 2 is 2.03 bits per heavy atom. The summed E-state index contributed by atoms with van der Waals surface area (Å²) in [5.41, 5.74) is 1.42. The van der Waals surface area contributed by atoms with Gasteiger partial charge in [0, 0.05) is 52.5 Å². The van der Waals surface area contributed by atoms with Crippen molar-refractivity contribution in [1.82, 2.24) is 29.5 Å². The van der Waals surface area contributed by atoms with Gasteiger partial charge in [-0.3, -0.25) is 14.2 Å². The second-order valence-electron chi connectivity index (χ2n) is 8.27. The van der Waals surface area contributed by atoms with E-state index in [2.05, 4.69) is 30.8 Å². The van der Waals surface area contributed by atoms with E-state index in [4.69, 9.17) is 4.74 Å². The number of nitrogens with zero attached hydrogens (tertiary/aromatic N) is 7. The predicted molar refractivity (Wildman–Crippen MR) is 121 cm³/mol. The average molecular weight is 493 g/mol. The van der Waals surface area contributed by atoms with Gasteiger partial charge in [0.2, 0.25) is 11.9 Å². The molecule has 0 unspecified atom stereocenters. The number of fused-ring (bicyclic) bond motifs is 1. The highest BCUT2D eigenvalue weighted by Crippen LogP contribution is 2.33. The van der Waals surface area contributed by atoms with Crippen LogP contribution in [0.15, 0.2) is 18.5 Å². The first-order valence-electron chi connectivity index (χ1n) is 10.8. The van der Waals surface area contributed by atoms with Crippen molar-refractivity contribution in [2.75, 3.05) is 36.3 Å². The van der Waals surface area contributed by atoms with Gasteiger partial charge in [0.1, 0.15) is 11.7 Å². The fraction of sp³-hybridized carbons (Fsp3) is 0.476. The molecule has 0 spiro atoms. The van der Waals surface area contributed by atoms with Crippen LogP contribution in [0, 0.1) is 6.92 Å². The molecule has 3 aromatic heterocycles. The van der Waals surface area contributed by atoms with Crippen LogP contribution in [0.25, 0.3) is 0 Å². The SMILES string of the molecule is COCC[C@H]1C(=O)Nc2c(C)nc(NCc3cnn(Cc4cc(C(F)(F)F)nn4C)c3)nc2N1C. The molecule has 0 saturated heterocycles. The van der Waals surface area contributed by atoms with Crippen LogP contribution in [0.5, 0.6) is 0 Å². The van der Waals surface area contributed by atoms with Gasteiger partial charge < -0.3 is 20.3 Å². The van der Waals surface area contributed by atoms with Gasteiger partial charge in [-0.05, 0) is 13.0 Å². The maximum absolute atomic E-state index is 12.9. The molecule has 35 heavy (non-hydrogen) atoms. The van der Waals surface area contributed by atoms with Crippen LogP contribution in [-0.2, 0) is 35.8 Å². The number of alkyl halides is 3. The molecule has 3 aromatic rings. The monoisotopic (exact) mass is 493 g/mol. The minimum Gasteiger partial charge on any atom is -0.385 e. The van der Waals surface area contributed by atoms with E-state index in [1.54, 1.807) is 33.5 Å². The van der Waals surface area contributed by atoms with E-state index in [-0.39, 0.29) is 12.5 Å². The molecule has 11 nitrogen and oxygen atoms in total. The van der Waals surface area contributed by atoms with Crippen molar-refractivity contribution in [2.24, 2.45) is 7.05 Å². The van der Waals surface area contributed by atoms with Crippen LogP contribution < -0.4 is 15.5 Å². The lowest BCUT2D eigenvalue weighted by molar-refractivity contribution is -0.141. The van der Waals surface area contributed by atoms with Crippen molar-refractivity contribution < 1.29 is 22.7 Å². The lowest BCUT2D eigenvalue weighted by Gasteiger charge is -2.34. The second kappa shape index (κ2) is 9.52. The van der Waals surface area contributed by atoms with Crippen molar-refractivity contribution in [3.8, 4) is 0 Å². The van der Waals surface area contributed by atoms with Crippen molar-refractivity contribution in [3.63, 3.8) is 0 Å². The first-order valence-corrected chi connectivity index (χ1v) is 10.8. The van der Waals surface area contributed by atoms with Crippen molar-refractivity contribution in [1.29, 1.82) is 0 Å². The molecule has 4 heterocycles. The summed E-state index contributed by atoms with van der Waals surface area (Å²) in [5.74, 6) is 0.852. The molecule has 0 saturated carbocycles. The molecular weight excluding hydrogens is 467 g/mol. The van der Waals surface area contributed by atoms with Crippen molar-refractivity contribution in [2.45, 2.75) is 38.7 Å². The number of nitrogens with one attached hydrogen (secondary N) is 2. The van der Waals surface area contributed by atoms with E-state index in [1.165, 1.54) is 16.4 Å². The number of carbonyl (C=O) groups excluding carboxylic acids is 1. The van der Waals surface area contributed by atoms with Gasteiger partial charge in [-0.1, -0.05) is 0 Å². The molecule has 1 amide bonds. The van der Waals surface area contributed by atoms with Crippen LogP contribution in [0.3, 0.4) is 0 Å². The van der Waals surface area contributed by atoms with Gasteiger partial charge in [-0.25, -0.2) is 4.98 Å². The molecule has 0 bridgehead atoms. The molecule has 1 atom stereocenters. The number of halogens is 3. The highest BCUT2D eigenvalue weighted by atomic mass is 19.4. The van der Waals surface area contributed by atoms with E-state index in [9.17, 15) is 18.0 Å².